The van der Waals surface area contributed by atoms with Crippen LogP contribution in [0.25, 0.3) is 0 Å². The summed E-state index contributed by atoms with van der Waals surface area (Å²) in [5.74, 6) is 0.181. The molecule has 0 unspecified atom stereocenters. The summed E-state index contributed by atoms with van der Waals surface area (Å²) in [5, 5.41) is 8.74. The smallest absolute Gasteiger partial charge is 0.150 e. The Labute approximate surface area is 81.2 Å². The molecule has 0 saturated carbocycles. The van der Waals surface area contributed by atoms with Crippen LogP contribution in [0, 0.1) is 0 Å². The van der Waals surface area contributed by atoms with Gasteiger partial charge >= 0.3 is 0 Å². The molecule has 47 valence electrons. The van der Waals surface area contributed by atoms with Gasteiger partial charge in [-0.25, -0.2) is 0 Å². The summed E-state index contributed by atoms with van der Waals surface area (Å²) in [4.78, 5) is 10.0. The standard InChI is InChI=1S/C7H6O2.Na/c8-5-6-1-3-7(9)4-2-6;/h1-5,9H;. The van der Waals surface area contributed by atoms with Crippen molar-refractivity contribution in [3.05, 3.63) is 29.8 Å². The molecule has 0 amide bonds. The molecular formula is C7H6NaO2. The predicted molar refractivity (Wildman–Crippen MR) is 39.2 cm³/mol. The SMILES string of the molecule is O=Cc1ccc(O)cc1.[Na]. The van der Waals surface area contributed by atoms with E-state index in [1.54, 1.807) is 12.1 Å². The zero-order valence-corrected chi connectivity index (χ0v) is 7.74. The fraction of sp³-hybridized carbons (Fsp3) is 0. The second-order valence-corrected chi connectivity index (χ2v) is 1.71. The van der Waals surface area contributed by atoms with E-state index in [-0.39, 0.29) is 35.3 Å². The van der Waals surface area contributed by atoms with E-state index in [1.807, 2.05) is 0 Å². The van der Waals surface area contributed by atoms with Crippen LogP contribution in [0.5, 0.6) is 5.75 Å². The largest absolute Gasteiger partial charge is 0.508 e. The number of carbonyl (C=O) groups is 1. The monoisotopic (exact) mass is 145 g/mol. The molecule has 0 aliphatic rings. The summed E-state index contributed by atoms with van der Waals surface area (Å²) in [5.41, 5.74) is 0.577. The normalized spacial score (nSPS) is 8.00. The number of aldehydes is 1. The summed E-state index contributed by atoms with van der Waals surface area (Å²) in [6.07, 6.45) is 0.736. The van der Waals surface area contributed by atoms with E-state index >= 15 is 0 Å². The average molecular weight is 145 g/mol. The molecule has 0 aromatic heterocycles. The third-order valence-electron chi connectivity index (χ3n) is 1.03. The van der Waals surface area contributed by atoms with Crippen LogP contribution in [-0.4, -0.2) is 40.9 Å². The van der Waals surface area contributed by atoms with Crippen molar-refractivity contribution in [3.63, 3.8) is 0 Å². The van der Waals surface area contributed by atoms with Gasteiger partial charge in [-0.3, -0.25) is 4.79 Å². The molecule has 1 N–H and O–H groups in total. The maximum atomic E-state index is 10.0. The summed E-state index contributed by atoms with van der Waals surface area (Å²) >= 11 is 0. The zero-order chi connectivity index (χ0) is 6.69. The Morgan fingerprint density at radius 3 is 2.10 bits per heavy atom. The molecule has 0 heterocycles. The topological polar surface area (TPSA) is 37.3 Å². The Kier molecular flexibility index (Phi) is 4.36. The Balaban J connectivity index is 0.000000810. The first-order valence-electron chi connectivity index (χ1n) is 2.57. The molecule has 1 rings (SSSR count). The maximum Gasteiger partial charge on any atom is 0.150 e. The van der Waals surface area contributed by atoms with E-state index in [0.717, 1.165) is 6.29 Å². The third-order valence-corrected chi connectivity index (χ3v) is 1.03. The van der Waals surface area contributed by atoms with Gasteiger partial charge in [-0.15, -0.1) is 0 Å². The zero-order valence-electron chi connectivity index (χ0n) is 5.74. The molecule has 1 aromatic carbocycles. The number of hydrogen-bond acceptors (Lipinski definition) is 2. The number of benzene rings is 1. The van der Waals surface area contributed by atoms with Crippen LogP contribution in [0.15, 0.2) is 24.3 Å². The number of phenols is 1. The average Bonchev–Trinajstić information content (AvgIpc) is 1.90. The third kappa shape index (κ3) is 2.52. The van der Waals surface area contributed by atoms with Crippen molar-refractivity contribution in [3.8, 4) is 5.75 Å². The molecule has 1 radical (unpaired) electrons. The maximum absolute atomic E-state index is 10.0. The molecule has 0 fully saturated rings. The van der Waals surface area contributed by atoms with Gasteiger partial charge in [-0.1, -0.05) is 0 Å². The number of carbonyl (C=O) groups excluding carboxylic acids is 1. The molecule has 10 heavy (non-hydrogen) atoms. The second-order valence-electron chi connectivity index (χ2n) is 1.71. The van der Waals surface area contributed by atoms with Gasteiger partial charge in [-0.2, -0.15) is 0 Å². The molecule has 0 aliphatic carbocycles. The number of phenolic OH excluding ortho intramolecular Hbond substituents is 1. The predicted octanol–water partition coefficient (Wildman–Crippen LogP) is 0.824. The van der Waals surface area contributed by atoms with Gasteiger partial charge in [0.2, 0.25) is 0 Å². The molecule has 0 saturated heterocycles. The first-order valence-corrected chi connectivity index (χ1v) is 2.57. The van der Waals surface area contributed by atoms with Crippen molar-refractivity contribution < 1.29 is 9.90 Å². The first-order chi connectivity index (χ1) is 4.33. The number of rotatable bonds is 1. The van der Waals surface area contributed by atoms with Gasteiger partial charge in [-0.05, 0) is 24.3 Å². The van der Waals surface area contributed by atoms with Gasteiger partial charge < -0.3 is 5.11 Å². The van der Waals surface area contributed by atoms with Crippen LogP contribution in [0.2, 0.25) is 0 Å². The first kappa shape index (κ1) is 9.69. The summed E-state index contributed by atoms with van der Waals surface area (Å²) < 4.78 is 0. The van der Waals surface area contributed by atoms with Crippen LogP contribution < -0.4 is 0 Å². The van der Waals surface area contributed by atoms with Crippen molar-refractivity contribution in [2.75, 3.05) is 0 Å². The molecule has 0 bridgehead atoms. The minimum atomic E-state index is 0. The Bertz CT molecular complexity index is 205. The van der Waals surface area contributed by atoms with E-state index in [0.29, 0.717) is 5.56 Å². The van der Waals surface area contributed by atoms with Gasteiger partial charge in [0.1, 0.15) is 12.0 Å². The van der Waals surface area contributed by atoms with Crippen molar-refractivity contribution >= 4 is 35.8 Å². The molecular weight excluding hydrogens is 139 g/mol. The van der Waals surface area contributed by atoms with Gasteiger partial charge in [0.15, 0.2) is 0 Å². The van der Waals surface area contributed by atoms with Crippen molar-refractivity contribution in [1.82, 2.24) is 0 Å². The van der Waals surface area contributed by atoms with E-state index in [4.69, 9.17) is 5.11 Å². The minimum absolute atomic E-state index is 0. The molecule has 0 aliphatic heterocycles. The Morgan fingerprint density at radius 1 is 1.20 bits per heavy atom. The van der Waals surface area contributed by atoms with Crippen LogP contribution in [0.1, 0.15) is 10.4 Å². The number of hydrogen-bond donors (Lipinski definition) is 1. The van der Waals surface area contributed by atoms with Gasteiger partial charge in [0.25, 0.3) is 0 Å². The number of aromatic hydroxyl groups is 1. The summed E-state index contributed by atoms with van der Waals surface area (Å²) in [6, 6.07) is 6.07. The van der Waals surface area contributed by atoms with Crippen LogP contribution in [0.4, 0.5) is 0 Å². The molecule has 2 nitrogen and oxygen atoms in total. The fourth-order valence-electron chi connectivity index (χ4n) is 0.553. The Hall–Kier alpha value is -0.310. The second kappa shape index (κ2) is 4.50. The molecule has 1 aromatic rings. The van der Waals surface area contributed by atoms with Crippen molar-refractivity contribution in [1.29, 1.82) is 0 Å². The van der Waals surface area contributed by atoms with E-state index < -0.39 is 0 Å². The molecule has 0 spiro atoms. The van der Waals surface area contributed by atoms with Crippen LogP contribution in [0.3, 0.4) is 0 Å². The van der Waals surface area contributed by atoms with Crippen molar-refractivity contribution in [2.45, 2.75) is 0 Å². The van der Waals surface area contributed by atoms with Gasteiger partial charge in [0, 0.05) is 35.1 Å². The molecule has 0 atom stereocenters. The van der Waals surface area contributed by atoms with Crippen molar-refractivity contribution in [2.24, 2.45) is 0 Å². The van der Waals surface area contributed by atoms with E-state index in [1.165, 1.54) is 12.1 Å². The quantitative estimate of drug-likeness (QED) is 0.469. The Morgan fingerprint density at radius 2 is 1.70 bits per heavy atom. The van der Waals surface area contributed by atoms with E-state index in [9.17, 15) is 4.79 Å². The minimum Gasteiger partial charge on any atom is -0.508 e. The fourth-order valence-corrected chi connectivity index (χ4v) is 0.553. The summed E-state index contributed by atoms with van der Waals surface area (Å²) in [7, 11) is 0. The van der Waals surface area contributed by atoms with Crippen LogP contribution in [-0.2, 0) is 0 Å². The van der Waals surface area contributed by atoms with E-state index in [2.05, 4.69) is 0 Å². The summed E-state index contributed by atoms with van der Waals surface area (Å²) in [6.45, 7) is 0. The molecule has 3 heteroatoms. The van der Waals surface area contributed by atoms with Crippen LogP contribution >= 0.6 is 0 Å². The van der Waals surface area contributed by atoms with Gasteiger partial charge in [0.05, 0.1) is 0 Å².